The van der Waals surface area contributed by atoms with Gasteiger partial charge in [-0.15, -0.1) is 0 Å². The van der Waals surface area contributed by atoms with Crippen LogP contribution in [0, 0.1) is 11.8 Å². The Morgan fingerprint density at radius 2 is 2.10 bits per heavy atom. The van der Waals surface area contributed by atoms with E-state index in [1.54, 1.807) is 0 Å². The zero-order chi connectivity index (χ0) is 14.7. The highest BCUT2D eigenvalue weighted by Crippen LogP contribution is 2.47. The van der Waals surface area contributed by atoms with Crippen molar-refractivity contribution < 1.29 is 17.9 Å². The molecule has 2 aliphatic carbocycles. The van der Waals surface area contributed by atoms with Gasteiger partial charge < -0.3 is 9.47 Å². The summed E-state index contributed by atoms with van der Waals surface area (Å²) in [7, 11) is -3.12. The van der Waals surface area contributed by atoms with Gasteiger partial charge in [0.15, 0.2) is 0 Å². The minimum Gasteiger partial charge on any atom is -0.379 e. The topological polar surface area (TPSA) is 64.6 Å². The Labute approximate surface area is 127 Å². The monoisotopic (exact) mass is 317 g/mol. The summed E-state index contributed by atoms with van der Waals surface area (Å²) in [6.07, 6.45) is 7.50. The molecule has 0 aromatic heterocycles. The molecule has 2 bridgehead atoms. The molecule has 0 unspecified atom stereocenters. The van der Waals surface area contributed by atoms with Crippen molar-refractivity contribution in [1.29, 1.82) is 0 Å². The van der Waals surface area contributed by atoms with Crippen LogP contribution in [0.4, 0.5) is 0 Å². The summed E-state index contributed by atoms with van der Waals surface area (Å²) < 4.78 is 38.4. The highest BCUT2D eigenvalue weighted by Gasteiger charge is 2.45. The summed E-state index contributed by atoms with van der Waals surface area (Å²) in [4.78, 5) is 0. The lowest BCUT2D eigenvalue weighted by atomic mass is 10.0. The fourth-order valence-corrected chi connectivity index (χ4v) is 5.98. The van der Waals surface area contributed by atoms with Gasteiger partial charge in [0.1, 0.15) is 0 Å². The summed E-state index contributed by atoms with van der Waals surface area (Å²) in [5, 5.41) is -0.135. The molecule has 0 spiro atoms. The maximum atomic E-state index is 12.3. The first-order valence-electron chi connectivity index (χ1n) is 8.33. The van der Waals surface area contributed by atoms with Gasteiger partial charge in [0, 0.05) is 19.8 Å². The van der Waals surface area contributed by atoms with E-state index in [1.807, 2.05) is 0 Å². The molecule has 2 saturated carbocycles. The molecule has 4 atom stereocenters. The molecule has 1 heterocycles. The van der Waals surface area contributed by atoms with Gasteiger partial charge in [0.25, 0.3) is 0 Å². The van der Waals surface area contributed by atoms with Crippen LogP contribution in [0.2, 0.25) is 0 Å². The Kier molecular flexibility index (Phi) is 5.19. The maximum Gasteiger partial charge on any atom is 0.214 e. The van der Waals surface area contributed by atoms with Crippen LogP contribution in [0.5, 0.6) is 0 Å². The zero-order valence-corrected chi connectivity index (χ0v) is 13.4. The van der Waals surface area contributed by atoms with Crippen LogP contribution in [-0.2, 0) is 19.5 Å². The summed E-state index contributed by atoms with van der Waals surface area (Å²) in [6.45, 7) is 2.57. The number of nitrogens with one attached hydrogen (secondary N) is 1. The second-order valence-corrected chi connectivity index (χ2v) is 8.70. The molecule has 122 valence electrons. The Hall–Kier alpha value is -0.170. The summed E-state index contributed by atoms with van der Waals surface area (Å²) in [5.41, 5.74) is 0. The van der Waals surface area contributed by atoms with Gasteiger partial charge in [0.2, 0.25) is 10.0 Å². The number of sulfonamides is 1. The lowest BCUT2D eigenvalue weighted by molar-refractivity contribution is 0.0169. The molecule has 3 fully saturated rings. The summed E-state index contributed by atoms with van der Waals surface area (Å²) in [5.74, 6) is 1.06. The van der Waals surface area contributed by atoms with Crippen molar-refractivity contribution in [3.05, 3.63) is 0 Å². The van der Waals surface area contributed by atoms with E-state index in [4.69, 9.17) is 9.47 Å². The zero-order valence-electron chi connectivity index (χ0n) is 12.6. The molecule has 1 aliphatic heterocycles. The lowest BCUT2D eigenvalue weighted by Gasteiger charge is -2.22. The number of rotatable bonds is 8. The summed E-state index contributed by atoms with van der Waals surface area (Å²) in [6, 6.07) is 0. The lowest BCUT2D eigenvalue weighted by Crippen LogP contribution is -2.38. The van der Waals surface area contributed by atoms with E-state index in [2.05, 4.69) is 4.72 Å². The van der Waals surface area contributed by atoms with Crippen molar-refractivity contribution in [2.24, 2.45) is 11.8 Å². The van der Waals surface area contributed by atoms with Crippen molar-refractivity contribution in [3.8, 4) is 0 Å². The van der Waals surface area contributed by atoms with Crippen LogP contribution in [0.3, 0.4) is 0 Å². The Morgan fingerprint density at radius 3 is 2.76 bits per heavy atom. The van der Waals surface area contributed by atoms with E-state index in [0.717, 1.165) is 45.1 Å². The van der Waals surface area contributed by atoms with Crippen LogP contribution in [0.1, 0.15) is 44.9 Å². The smallest absolute Gasteiger partial charge is 0.214 e. The third kappa shape index (κ3) is 3.97. The molecule has 3 rings (SSSR count). The molecular formula is C15H27NO4S. The number of ether oxygens (including phenoxy) is 2. The second-order valence-electron chi connectivity index (χ2n) is 6.72. The fourth-order valence-electron chi connectivity index (χ4n) is 4.05. The van der Waals surface area contributed by atoms with Gasteiger partial charge in [-0.3, -0.25) is 0 Å². The minimum atomic E-state index is -3.12. The quantitative estimate of drug-likeness (QED) is 0.692. The van der Waals surface area contributed by atoms with Crippen LogP contribution in [0.15, 0.2) is 0 Å². The SMILES string of the molecule is O=S(=O)(NCCCOC[C@H]1CCCO1)[C@H]1C[C@H]2CC[C@H]1C2. The fraction of sp³-hybridized carbons (Fsp3) is 1.00. The van der Waals surface area contributed by atoms with Crippen LogP contribution < -0.4 is 4.72 Å². The third-order valence-corrected chi connectivity index (χ3v) is 7.15. The Bertz CT molecular complexity index is 433. The molecule has 1 saturated heterocycles. The van der Waals surface area contributed by atoms with E-state index < -0.39 is 10.0 Å². The molecule has 6 heteroatoms. The van der Waals surface area contributed by atoms with Gasteiger partial charge in [-0.25, -0.2) is 13.1 Å². The van der Waals surface area contributed by atoms with E-state index in [0.29, 0.717) is 31.6 Å². The molecule has 5 nitrogen and oxygen atoms in total. The van der Waals surface area contributed by atoms with Crippen LogP contribution in [0.25, 0.3) is 0 Å². The van der Waals surface area contributed by atoms with E-state index in [-0.39, 0.29) is 11.4 Å². The minimum absolute atomic E-state index is 0.135. The van der Waals surface area contributed by atoms with E-state index in [9.17, 15) is 8.42 Å². The second kappa shape index (κ2) is 6.94. The average Bonchev–Trinajstić information content (AvgIpc) is 3.19. The maximum absolute atomic E-state index is 12.3. The molecule has 21 heavy (non-hydrogen) atoms. The molecular weight excluding hydrogens is 290 g/mol. The van der Waals surface area contributed by atoms with E-state index in [1.165, 1.54) is 6.42 Å². The number of hydrogen-bond donors (Lipinski definition) is 1. The van der Waals surface area contributed by atoms with Crippen molar-refractivity contribution in [1.82, 2.24) is 4.72 Å². The third-order valence-electron chi connectivity index (χ3n) is 5.17. The number of fused-ring (bicyclic) bond motifs is 2. The van der Waals surface area contributed by atoms with Crippen molar-refractivity contribution in [2.75, 3.05) is 26.4 Å². The molecule has 3 aliphatic rings. The van der Waals surface area contributed by atoms with Crippen molar-refractivity contribution in [2.45, 2.75) is 56.3 Å². The van der Waals surface area contributed by atoms with Crippen molar-refractivity contribution in [3.63, 3.8) is 0 Å². The van der Waals surface area contributed by atoms with Gasteiger partial charge in [-0.05, 0) is 50.4 Å². The largest absolute Gasteiger partial charge is 0.379 e. The molecule has 0 aromatic carbocycles. The van der Waals surface area contributed by atoms with Crippen LogP contribution in [-0.4, -0.2) is 46.1 Å². The predicted octanol–water partition coefficient (Wildman–Crippen LogP) is 1.68. The predicted molar refractivity (Wildman–Crippen MR) is 80.6 cm³/mol. The Balaban J connectivity index is 1.29. The van der Waals surface area contributed by atoms with Gasteiger partial charge in [-0.1, -0.05) is 6.42 Å². The normalized spacial score (nSPS) is 35.6. The van der Waals surface area contributed by atoms with Gasteiger partial charge in [-0.2, -0.15) is 0 Å². The highest BCUT2D eigenvalue weighted by atomic mass is 32.2. The molecule has 0 amide bonds. The van der Waals surface area contributed by atoms with Crippen molar-refractivity contribution >= 4 is 10.0 Å². The molecule has 0 aromatic rings. The first-order chi connectivity index (χ1) is 10.1. The standard InChI is InChI=1S/C15H27NO4S/c17-21(18,15-10-12-4-5-13(15)9-12)16-6-2-7-19-11-14-3-1-8-20-14/h12-16H,1-11H2/t12-,13-,14+,15-/m0/s1. The number of hydrogen-bond acceptors (Lipinski definition) is 4. The van der Waals surface area contributed by atoms with E-state index >= 15 is 0 Å². The molecule has 1 N–H and O–H groups in total. The first kappa shape index (κ1) is 15.7. The molecule has 0 radical (unpaired) electrons. The van der Waals surface area contributed by atoms with Gasteiger partial charge >= 0.3 is 0 Å². The summed E-state index contributed by atoms with van der Waals surface area (Å²) >= 11 is 0. The van der Waals surface area contributed by atoms with Crippen LogP contribution >= 0.6 is 0 Å². The first-order valence-corrected chi connectivity index (χ1v) is 9.87. The van der Waals surface area contributed by atoms with Gasteiger partial charge in [0.05, 0.1) is 18.0 Å². The highest BCUT2D eigenvalue weighted by molar-refractivity contribution is 7.90. The Morgan fingerprint density at radius 1 is 1.19 bits per heavy atom. The average molecular weight is 317 g/mol.